The fourth-order valence-corrected chi connectivity index (χ4v) is 1.63. The van der Waals surface area contributed by atoms with E-state index in [1.807, 2.05) is 19.1 Å². The lowest BCUT2D eigenvalue weighted by Crippen LogP contribution is -1.97. The van der Waals surface area contributed by atoms with E-state index in [1.165, 1.54) is 0 Å². The minimum absolute atomic E-state index is 0.167. The van der Waals surface area contributed by atoms with Crippen molar-refractivity contribution in [2.75, 3.05) is 6.61 Å². The Morgan fingerprint density at radius 2 is 2.31 bits per heavy atom. The fraction of sp³-hybridized carbons (Fsp3) is 0.455. The summed E-state index contributed by atoms with van der Waals surface area (Å²) in [6, 6.07) is 5.50. The van der Waals surface area contributed by atoms with Gasteiger partial charge in [0.1, 0.15) is 0 Å². The van der Waals surface area contributed by atoms with Crippen molar-refractivity contribution in [1.29, 1.82) is 0 Å². The Balaban J connectivity index is 2.25. The minimum Gasteiger partial charge on any atom is -0.373 e. The van der Waals surface area contributed by atoms with Gasteiger partial charge in [-0.25, -0.2) is 0 Å². The molecule has 0 saturated carbocycles. The van der Waals surface area contributed by atoms with Crippen molar-refractivity contribution < 1.29 is 9.84 Å². The Bertz CT molecular complexity index is 303. The highest BCUT2D eigenvalue weighted by atomic mass is 16.6. The SMILES string of the molecule is CCc1c([O])cccc1CC1CO1. The van der Waals surface area contributed by atoms with E-state index in [0.717, 1.165) is 30.6 Å². The molecule has 0 N–H and O–H groups in total. The number of rotatable bonds is 3. The summed E-state index contributed by atoms with van der Waals surface area (Å²) in [5, 5.41) is 11.4. The molecule has 1 aliphatic rings. The predicted molar refractivity (Wildman–Crippen MR) is 49.4 cm³/mol. The van der Waals surface area contributed by atoms with E-state index in [-0.39, 0.29) is 5.75 Å². The van der Waals surface area contributed by atoms with Crippen LogP contribution in [-0.4, -0.2) is 12.7 Å². The van der Waals surface area contributed by atoms with Gasteiger partial charge in [0, 0.05) is 12.0 Å². The number of hydrogen-bond donors (Lipinski definition) is 0. The molecule has 1 aromatic rings. The fourth-order valence-electron chi connectivity index (χ4n) is 1.63. The number of benzene rings is 1. The quantitative estimate of drug-likeness (QED) is 0.652. The van der Waals surface area contributed by atoms with E-state index in [4.69, 9.17) is 4.74 Å². The summed E-state index contributed by atoms with van der Waals surface area (Å²) in [6.07, 6.45) is 2.09. The first-order valence-electron chi connectivity index (χ1n) is 4.70. The van der Waals surface area contributed by atoms with Crippen LogP contribution in [0.3, 0.4) is 0 Å². The van der Waals surface area contributed by atoms with Crippen LogP contribution in [0.5, 0.6) is 5.75 Å². The lowest BCUT2D eigenvalue weighted by atomic mass is 10.0. The number of ether oxygens (including phenoxy) is 1. The number of epoxide rings is 1. The molecule has 1 atom stereocenters. The molecule has 1 fully saturated rings. The molecule has 0 amide bonds. The molecule has 0 spiro atoms. The van der Waals surface area contributed by atoms with Gasteiger partial charge in [-0.15, -0.1) is 0 Å². The zero-order valence-electron chi connectivity index (χ0n) is 7.75. The normalized spacial score (nSPS) is 20.2. The summed E-state index contributed by atoms with van der Waals surface area (Å²) < 4.78 is 5.15. The van der Waals surface area contributed by atoms with Crippen molar-refractivity contribution in [3.63, 3.8) is 0 Å². The zero-order chi connectivity index (χ0) is 9.26. The maximum atomic E-state index is 11.4. The number of hydrogen-bond acceptors (Lipinski definition) is 1. The van der Waals surface area contributed by atoms with Crippen LogP contribution in [0.2, 0.25) is 0 Å². The molecule has 1 radical (unpaired) electrons. The van der Waals surface area contributed by atoms with Gasteiger partial charge in [0.05, 0.1) is 12.7 Å². The molecule has 1 aliphatic heterocycles. The molecule has 1 saturated heterocycles. The topological polar surface area (TPSA) is 32.4 Å². The highest BCUT2D eigenvalue weighted by Gasteiger charge is 2.24. The summed E-state index contributed by atoms with van der Waals surface area (Å²) in [5.74, 6) is 0.167. The molecule has 1 aromatic carbocycles. The maximum absolute atomic E-state index is 11.4. The van der Waals surface area contributed by atoms with Crippen molar-refractivity contribution in [2.24, 2.45) is 0 Å². The zero-order valence-corrected chi connectivity index (χ0v) is 7.75. The minimum atomic E-state index is 0.167. The van der Waals surface area contributed by atoms with Gasteiger partial charge in [-0.3, -0.25) is 5.11 Å². The molecule has 1 heterocycles. The molecule has 0 aliphatic carbocycles. The molecule has 0 aromatic heterocycles. The Morgan fingerprint density at radius 3 is 2.92 bits per heavy atom. The molecule has 2 rings (SSSR count). The lowest BCUT2D eigenvalue weighted by molar-refractivity contribution is 0.349. The van der Waals surface area contributed by atoms with Crippen LogP contribution in [0.4, 0.5) is 0 Å². The second-order valence-corrected chi connectivity index (χ2v) is 3.41. The summed E-state index contributed by atoms with van der Waals surface area (Å²) in [5.41, 5.74) is 2.12. The molecular weight excluding hydrogens is 164 g/mol. The molecule has 13 heavy (non-hydrogen) atoms. The summed E-state index contributed by atoms with van der Waals surface area (Å²) in [7, 11) is 0. The van der Waals surface area contributed by atoms with Crippen LogP contribution in [0.1, 0.15) is 18.1 Å². The van der Waals surface area contributed by atoms with Crippen molar-refractivity contribution in [3.8, 4) is 5.75 Å². The van der Waals surface area contributed by atoms with Crippen LogP contribution < -0.4 is 0 Å². The third-order valence-electron chi connectivity index (χ3n) is 2.43. The van der Waals surface area contributed by atoms with Gasteiger partial charge in [-0.1, -0.05) is 19.1 Å². The smallest absolute Gasteiger partial charge is 0.182 e. The van der Waals surface area contributed by atoms with Gasteiger partial charge in [-0.05, 0) is 18.1 Å². The Hall–Kier alpha value is -1.02. The third-order valence-corrected chi connectivity index (χ3v) is 2.43. The van der Waals surface area contributed by atoms with E-state index >= 15 is 0 Å². The van der Waals surface area contributed by atoms with Crippen molar-refractivity contribution in [2.45, 2.75) is 25.9 Å². The Labute approximate surface area is 78.2 Å². The molecule has 2 heteroatoms. The highest BCUT2D eigenvalue weighted by molar-refractivity contribution is 5.39. The first-order valence-corrected chi connectivity index (χ1v) is 4.70. The van der Waals surface area contributed by atoms with Crippen molar-refractivity contribution in [3.05, 3.63) is 29.3 Å². The summed E-state index contributed by atoms with van der Waals surface area (Å²) in [6.45, 7) is 2.88. The van der Waals surface area contributed by atoms with Gasteiger partial charge >= 0.3 is 0 Å². The van der Waals surface area contributed by atoms with E-state index in [1.54, 1.807) is 6.07 Å². The molecule has 0 bridgehead atoms. The second kappa shape index (κ2) is 3.38. The first-order chi connectivity index (χ1) is 6.31. The molecule has 1 unspecified atom stereocenters. The van der Waals surface area contributed by atoms with Crippen molar-refractivity contribution >= 4 is 0 Å². The van der Waals surface area contributed by atoms with Crippen LogP contribution in [0, 0.1) is 0 Å². The van der Waals surface area contributed by atoms with Gasteiger partial charge < -0.3 is 4.74 Å². The monoisotopic (exact) mass is 177 g/mol. The molecule has 2 nitrogen and oxygen atoms in total. The van der Waals surface area contributed by atoms with E-state index in [0.29, 0.717) is 6.10 Å². The van der Waals surface area contributed by atoms with Crippen LogP contribution in [0.15, 0.2) is 18.2 Å². The standard InChI is InChI=1S/C11H13O2/c1-2-10-8(6-9-7-13-9)4-3-5-11(10)12/h3-5,9H,2,6-7H2,1H3. The van der Waals surface area contributed by atoms with Crippen LogP contribution in [0.25, 0.3) is 0 Å². The predicted octanol–water partition coefficient (Wildman–Crippen LogP) is 2.33. The van der Waals surface area contributed by atoms with Gasteiger partial charge in [-0.2, -0.15) is 0 Å². The molecular formula is C11H13O2. The average Bonchev–Trinajstić information content (AvgIpc) is 2.89. The van der Waals surface area contributed by atoms with Gasteiger partial charge in [0.2, 0.25) is 0 Å². The van der Waals surface area contributed by atoms with Gasteiger partial charge in [0.25, 0.3) is 0 Å². The second-order valence-electron chi connectivity index (χ2n) is 3.41. The Kier molecular flexibility index (Phi) is 2.23. The average molecular weight is 177 g/mol. The van der Waals surface area contributed by atoms with Crippen LogP contribution >= 0.6 is 0 Å². The molecule has 69 valence electrons. The van der Waals surface area contributed by atoms with E-state index < -0.39 is 0 Å². The lowest BCUT2D eigenvalue weighted by Gasteiger charge is -2.05. The Morgan fingerprint density at radius 1 is 1.54 bits per heavy atom. The first kappa shape index (κ1) is 8.57. The highest BCUT2D eigenvalue weighted by Crippen LogP contribution is 2.26. The van der Waals surface area contributed by atoms with Gasteiger partial charge in [0.15, 0.2) is 5.75 Å². The van der Waals surface area contributed by atoms with Crippen molar-refractivity contribution in [1.82, 2.24) is 0 Å². The third kappa shape index (κ3) is 1.83. The summed E-state index contributed by atoms with van der Waals surface area (Å²) in [4.78, 5) is 0. The summed E-state index contributed by atoms with van der Waals surface area (Å²) >= 11 is 0. The van der Waals surface area contributed by atoms with E-state index in [9.17, 15) is 5.11 Å². The maximum Gasteiger partial charge on any atom is 0.182 e. The van der Waals surface area contributed by atoms with E-state index in [2.05, 4.69) is 0 Å². The van der Waals surface area contributed by atoms with Crippen LogP contribution in [-0.2, 0) is 22.7 Å². The largest absolute Gasteiger partial charge is 0.373 e.